The molecule has 1 unspecified atom stereocenters. The van der Waals surface area contributed by atoms with E-state index < -0.39 is 6.04 Å². The van der Waals surface area contributed by atoms with E-state index in [1.165, 1.54) is 12.1 Å². The minimum Gasteiger partial charge on any atom is -0.351 e. The Kier molecular flexibility index (Phi) is 7.49. The molecule has 5 nitrogen and oxygen atoms in total. The monoisotopic (exact) mass is 371 g/mol. The maximum Gasteiger partial charge on any atom is 0.238 e. The van der Waals surface area contributed by atoms with E-state index in [2.05, 4.69) is 10.6 Å². The number of nitrogens with zero attached hydrogens (tertiary/aromatic N) is 1. The zero-order valence-electron chi connectivity index (χ0n) is 16.0. The average Bonchev–Trinajstić information content (AvgIpc) is 2.67. The van der Waals surface area contributed by atoms with E-state index in [0.29, 0.717) is 6.54 Å². The molecule has 2 rings (SSSR count). The summed E-state index contributed by atoms with van der Waals surface area (Å²) < 4.78 is 12.9. The van der Waals surface area contributed by atoms with Crippen molar-refractivity contribution >= 4 is 17.5 Å². The van der Waals surface area contributed by atoms with E-state index in [0.717, 1.165) is 23.2 Å². The number of amides is 2. The van der Waals surface area contributed by atoms with Crippen LogP contribution < -0.4 is 10.6 Å². The quantitative estimate of drug-likeness (QED) is 0.750. The van der Waals surface area contributed by atoms with Gasteiger partial charge >= 0.3 is 0 Å². The van der Waals surface area contributed by atoms with Crippen LogP contribution in [0.15, 0.2) is 48.5 Å². The lowest BCUT2D eigenvalue weighted by Gasteiger charge is -2.23. The molecule has 1 atom stereocenters. The molecule has 2 N–H and O–H groups in total. The van der Waals surface area contributed by atoms with Crippen LogP contribution in [0.25, 0.3) is 0 Å². The van der Waals surface area contributed by atoms with E-state index in [9.17, 15) is 14.0 Å². The highest BCUT2D eigenvalue weighted by atomic mass is 19.1. The largest absolute Gasteiger partial charge is 0.351 e. The lowest BCUT2D eigenvalue weighted by Crippen LogP contribution is -2.45. The second-order valence-electron chi connectivity index (χ2n) is 6.49. The Morgan fingerprint density at radius 1 is 1.11 bits per heavy atom. The molecule has 0 aromatic heterocycles. The van der Waals surface area contributed by atoms with Crippen molar-refractivity contribution in [3.63, 3.8) is 0 Å². The summed E-state index contributed by atoms with van der Waals surface area (Å²) in [5.74, 6) is -0.672. The third-order valence-corrected chi connectivity index (χ3v) is 4.49. The highest BCUT2D eigenvalue weighted by Gasteiger charge is 2.20. The number of carbonyl (C=O) groups excluding carboxylic acids is 2. The second-order valence-corrected chi connectivity index (χ2v) is 6.49. The van der Waals surface area contributed by atoms with Gasteiger partial charge in [0.15, 0.2) is 0 Å². The number of benzene rings is 2. The Morgan fingerprint density at radius 3 is 2.44 bits per heavy atom. The summed E-state index contributed by atoms with van der Waals surface area (Å²) in [5.41, 5.74) is 2.68. The van der Waals surface area contributed by atoms with Gasteiger partial charge in [-0.15, -0.1) is 0 Å². The van der Waals surface area contributed by atoms with Crippen molar-refractivity contribution in [2.75, 3.05) is 18.9 Å². The molecule has 2 aromatic rings. The minimum absolute atomic E-state index is 0.100. The average molecular weight is 371 g/mol. The molecule has 2 amide bonds. The molecular formula is C21H26FN3O2. The standard InChI is InChI=1S/C21H26FN3O2/c1-4-17-7-5-6-8-19(17)24-20(26)14-25(3)15(2)21(27)23-13-16-9-11-18(22)12-10-16/h5-12,15H,4,13-14H2,1-3H3,(H,23,27)(H,24,26). The van der Waals surface area contributed by atoms with Crippen molar-refractivity contribution in [1.29, 1.82) is 0 Å². The first-order chi connectivity index (χ1) is 12.9. The van der Waals surface area contributed by atoms with E-state index in [-0.39, 0.29) is 24.2 Å². The fourth-order valence-corrected chi connectivity index (χ4v) is 2.64. The number of nitrogens with one attached hydrogen (secondary N) is 2. The van der Waals surface area contributed by atoms with Crippen molar-refractivity contribution in [2.45, 2.75) is 32.9 Å². The number of carbonyl (C=O) groups is 2. The smallest absolute Gasteiger partial charge is 0.238 e. The van der Waals surface area contributed by atoms with Crippen LogP contribution >= 0.6 is 0 Å². The number of hydrogen-bond donors (Lipinski definition) is 2. The van der Waals surface area contributed by atoms with Gasteiger partial charge < -0.3 is 10.6 Å². The molecular weight excluding hydrogens is 345 g/mol. The van der Waals surface area contributed by atoms with Gasteiger partial charge in [-0.2, -0.15) is 0 Å². The van der Waals surface area contributed by atoms with Crippen LogP contribution in [-0.2, 0) is 22.6 Å². The topological polar surface area (TPSA) is 61.4 Å². The van der Waals surface area contributed by atoms with Crippen LogP contribution in [0.3, 0.4) is 0 Å². The summed E-state index contributed by atoms with van der Waals surface area (Å²) in [4.78, 5) is 26.3. The summed E-state index contributed by atoms with van der Waals surface area (Å²) in [5, 5.41) is 5.71. The van der Waals surface area contributed by atoms with Gasteiger partial charge in [0.1, 0.15) is 5.82 Å². The third-order valence-electron chi connectivity index (χ3n) is 4.49. The molecule has 0 fully saturated rings. The normalized spacial score (nSPS) is 11.9. The van der Waals surface area contributed by atoms with Crippen LogP contribution in [0.2, 0.25) is 0 Å². The van der Waals surface area contributed by atoms with Gasteiger partial charge in [0.05, 0.1) is 12.6 Å². The molecule has 0 spiro atoms. The summed E-state index contributed by atoms with van der Waals surface area (Å²) in [6.45, 7) is 4.19. The summed E-state index contributed by atoms with van der Waals surface area (Å²) in [6, 6.07) is 13.2. The lowest BCUT2D eigenvalue weighted by atomic mass is 10.1. The fraction of sp³-hybridized carbons (Fsp3) is 0.333. The molecule has 0 saturated heterocycles. The number of halogens is 1. The van der Waals surface area contributed by atoms with Gasteiger partial charge in [0.2, 0.25) is 11.8 Å². The van der Waals surface area contributed by atoms with Gasteiger partial charge in [-0.3, -0.25) is 14.5 Å². The van der Waals surface area contributed by atoms with Crippen molar-refractivity contribution in [3.05, 3.63) is 65.5 Å². The summed E-state index contributed by atoms with van der Waals surface area (Å²) in [7, 11) is 1.73. The molecule has 0 heterocycles. The van der Waals surface area contributed by atoms with Gasteiger partial charge in [0.25, 0.3) is 0 Å². The molecule has 144 valence electrons. The molecule has 2 aromatic carbocycles. The molecule has 0 aliphatic carbocycles. The zero-order valence-corrected chi connectivity index (χ0v) is 16.0. The van der Waals surface area contributed by atoms with Crippen molar-refractivity contribution in [2.24, 2.45) is 0 Å². The zero-order chi connectivity index (χ0) is 19.8. The highest BCUT2D eigenvalue weighted by molar-refractivity contribution is 5.93. The van der Waals surface area contributed by atoms with Gasteiger partial charge in [-0.05, 0) is 49.7 Å². The third kappa shape index (κ3) is 6.18. The lowest BCUT2D eigenvalue weighted by molar-refractivity contribution is -0.126. The molecule has 6 heteroatoms. The summed E-state index contributed by atoms with van der Waals surface area (Å²) >= 11 is 0. The predicted octanol–water partition coefficient (Wildman–Crippen LogP) is 2.96. The first-order valence-corrected chi connectivity index (χ1v) is 9.00. The van der Waals surface area contributed by atoms with Gasteiger partial charge in [-0.25, -0.2) is 4.39 Å². The van der Waals surface area contributed by atoms with Gasteiger partial charge in [0, 0.05) is 12.2 Å². The second kappa shape index (κ2) is 9.83. The number of aryl methyl sites for hydroxylation is 1. The van der Waals surface area contributed by atoms with Gasteiger partial charge in [-0.1, -0.05) is 37.3 Å². The van der Waals surface area contributed by atoms with Crippen molar-refractivity contribution in [1.82, 2.24) is 10.2 Å². The van der Waals surface area contributed by atoms with E-state index >= 15 is 0 Å². The molecule has 0 bridgehead atoms. The van der Waals surface area contributed by atoms with E-state index in [4.69, 9.17) is 0 Å². The van der Waals surface area contributed by atoms with Crippen LogP contribution in [0.1, 0.15) is 25.0 Å². The minimum atomic E-state index is -0.474. The number of likely N-dealkylation sites (N-methyl/N-ethyl adjacent to an activating group) is 1. The molecule has 0 saturated carbocycles. The fourth-order valence-electron chi connectivity index (χ4n) is 2.64. The van der Waals surface area contributed by atoms with Crippen LogP contribution in [-0.4, -0.2) is 36.3 Å². The summed E-state index contributed by atoms with van der Waals surface area (Å²) in [6.07, 6.45) is 0.828. The number of anilines is 1. The van der Waals surface area contributed by atoms with Crippen molar-refractivity contribution < 1.29 is 14.0 Å². The molecule has 0 radical (unpaired) electrons. The SMILES string of the molecule is CCc1ccccc1NC(=O)CN(C)C(C)C(=O)NCc1ccc(F)cc1. The first kappa shape index (κ1) is 20.6. The Hall–Kier alpha value is -2.73. The maximum absolute atomic E-state index is 12.9. The first-order valence-electron chi connectivity index (χ1n) is 9.00. The van der Waals surface area contributed by atoms with Crippen LogP contribution in [0.4, 0.5) is 10.1 Å². The van der Waals surface area contributed by atoms with Crippen LogP contribution in [0.5, 0.6) is 0 Å². The Labute approximate surface area is 159 Å². The molecule has 0 aliphatic rings. The number of para-hydroxylation sites is 1. The predicted molar refractivity (Wildman–Crippen MR) is 105 cm³/mol. The molecule has 0 aliphatic heterocycles. The van der Waals surface area contributed by atoms with Crippen molar-refractivity contribution in [3.8, 4) is 0 Å². The van der Waals surface area contributed by atoms with Crippen LogP contribution in [0, 0.1) is 5.82 Å². The Bertz CT molecular complexity index is 777. The Morgan fingerprint density at radius 2 is 1.78 bits per heavy atom. The van der Waals surface area contributed by atoms with E-state index in [1.807, 2.05) is 31.2 Å². The number of hydrogen-bond acceptors (Lipinski definition) is 3. The maximum atomic E-state index is 12.9. The van der Waals surface area contributed by atoms with E-state index in [1.54, 1.807) is 31.0 Å². The molecule has 27 heavy (non-hydrogen) atoms. The number of rotatable bonds is 8. The Balaban J connectivity index is 1.84. The highest BCUT2D eigenvalue weighted by Crippen LogP contribution is 2.15.